The Morgan fingerprint density at radius 3 is 2.22 bits per heavy atom. The molecule has 14 nitrogen and oxygen atoms in total. The summed E-state index contributed by atoms with van der Waals surface area (Å²) in [6.07, 6.45) is 2.93. The molecular formula is C39H53F2N7O7. The fourth-order valence-corrected chi connectivity index (χ4v) is 6.32. The largest absolute Gasteiger partial charge is 0.480 e. The molecule has 1 aromatic heterocycles. The monoisotopic (exact) mass is 769 g/mol. The van der Waals surface area contributed by atoms with Crippen LogP contribution in [-0.2, 0) is 30.5 Å². The minimum absolute atomic E-state index is 0.0147. The molecule has 4 amide bonds. The molecule has 1 heterocycles. The number of carboxylic acid groups (broad SMARTS) is 1. The number of carboxylic acids is 1. The molecule has 2 aromatic carbocycles. The number of carbonyl (C=O) groups excluding carboxylic acids is 4. The summed E-state index contributed by atoms with van der Waals surface area (Å²) < 4.78 is 31.2. The second-order valence-corrected chi connectivity index (χ2v) is 14.5. The zero-order valence-electron chi connectivity index (χ0n) is 31.7. The highest BCUT2D eigenvalue weighted by Crippen LogP contribution is 2.41. The predicted molar refractivity (Wildman–Crippen MR) is 202 cm³/mol. The van der Waals surface area contributed by atoms with E-state index in [0.717, 1.165) is 23.8 Å². The van der Waals surface area contributed by atoms with E-state index in [2.05, 4.69) is 16.0 Å². The van der Waals surface area contributed by atoms with Gasteiger partial charge in [-0.25, -0.2) is 13.6 Å². The first kappa shape index (κ1) is 44.2. The van der Waals surface area contributed by atoms with E-state index in [4.69, 9.17) is 11.5 Å². The Morgan fingerprint density at radius 2 is 1.62 bits per heavy atom. The normalized spacial score (nSPS) is 13.6. The van der Waals surface area contributed by atoms with E-state index in [0.29, 0.717) is 37.2 Å². The standard InChI is InChI=1S/C39H53F2N7O7/c1-24(50)45-31(12-8-9-16-42)37(53)44-20-32(38(54)55)46-36(52)30(43)15-17-48(34(51)23-49)35(39(2,3)4)33-18-26(28-19-27(40)13-14-29(28)41)22-47(33)21-25-10-6-5-7-11-25/h5-7,10-11,13-14,18-19,22,30-32,35,49H,8-9,12,15-17,20-21,23,42-43H2,1-4H3,(H,44,53)(H,45,50)(H,46,52)(H,54,55)/t30-,31-,32+,35-/m0/s1. The number of aromatic nitrogens is 1. The van der Waals surface area contributed by atoms with Gasteiger partial charge in [-0.05, 0) is 67.5 Å². The Kier molecular flexibility index (Phi) is 16.5. The van der Waals surface area contributed by atoms with Gasteiger partial charge in [0.05, 0.1) is 12.1 Å². The van der Waals surface area contributed by atoms with Gasteiger partial charge in [0, 0.05) is 49.6 Å². The Bertz CT molecular complexity index is 1780. The lowest BCUT2D eigenvalue weighted by atomic mass is 9.82. The number of carbonyl (C=O) groups is 5. The summed E-state index contributed by atoms with van der Waals surface area (Å²) >= 11 is 0. The van der Waals surface area contributed by atoms with Crippen molar-refractivity contribution in [2.45, 2.75) is 84.1 Å². The van der Waals surface area contributed by atoms with Gasteiger partial charge in [0.25, 0.3) is 0 Å². The summed E-state index contributed by atoms with van der Waals surface area (Å²) in [7, 11) is 0. The molecule has 0 saturated carbocycles. The Morgan fingerprint density at radius 1 is 0.927 bits per heavy atom. The Hall–Kier alpha value is -5.19. The van der Waals surface area contributed by atoms with Gasteiger partial charge >= 0.3 is 5.97 Å². The number of benzene rings is 2. The van der Waals surface area contributed by atoms with Crippen molar-refractivity contribution >= 4 is 29.6 Å². The van der Waals surface area contributed by atoms with Crippen LogP contribution in [0.15, 0.2) is 60.8 Å². The molecule has 300 valence electrons. The molecule has 0 bridgehead atoms. The van der Waals surface area contributed by atoms with Crippen LogP contribution < -0.4 is 27.4 Å². The smallest absolute Gasteiger partial charge is 0.328 e. The van der Waals surface area contributed by atoms with Gasteiger partial charge in [0.2, 0.25) is 23.6 Å². The second kappa shape index (κ2) is 20.5. The lowest BCUT2D eigenvalue weighted by Crippen LogP contribution is -2.55. The number of unbranched alkanes of at least 4 members (excludes halogenated alkanes) is 1. The summed E-state index contributed by atoms with van der Waals surface area (Å²) in [6, 6.07) is 9.54. The quantitative estimate of drug-likeness (QED) is 0.0838. The van der Waals surface area contributed by atoms with Crippen molar-refractivity contribution in [2.24, 2.45) is 16.9 Å². The van der Waals surface area contributed by atoms with Crippen LogP contribution in [-0.4, -0.2) is 93.6 Å². The van der Waals surface area contributed by atoms with Crippen molar-refractivity contribution in [3.8, 4) is 11.1 Å². The third-order valence-electron chi connectivity index (χ3n) is 8.99. The number of aliphatic carboxylic acids is 1. The third-order valence-corrected chi connectivity index (χ3v) is 8.99. The molecule has 3 aromatic rings. The lowest BCUT2D eigenvalue weighted by molar-refractivity contribution is -0.142. The molecule has 4 atom stereocenters. The topological polar surface area (TPSA) is 222 Å². The number of nitrogens with zero attached hydrogens (tertiary/aromatic N) is 2. The molecule has 0 aliphatic heterocycles. The summed E-state index contributed by atoms with van der Waals surface area (Å²) in [5, 5.41) is 27.2. The van der Waals surface area contributed by atoms with Gasteiger partial charge in [-0.15, -0.1) is 0 Å². The Labute approximate surface area is 319 Å². The number of rotatable bonds is 20. The van der Waals surface area contributed by atoms with Gasteiger partial charge in [-0.3, -0.25) is 19.2 Å². The first-order valence-corrected chi connectivity index (χ1v) is 18.1. The Balaban J connectivity index is 1.87. The molecular weight excluding hydrogens is 716 g/mol. The van der Waals surface area contributed by atoms with Crippen LogP contribution >= 0.6 is 0 Å². The molecule has 0 fully saturated rings. The maximum absolute atomic E-state index is 15.0. The van der Waals surface area contributed by atoms with Crippen LogP contribution in [0.5, 0.6) is 0 Å². The van der Waals surface area contributed by atoms with E-state index in [1.54, 1.807) is 12.3 Å². The van der Waals surface area contributed by atoms with Crippen LogP contribution in [0.1, 0.15) is 70.7 Å². The van der Waals surface area contributed by atoms with E-state index in [1.807, 2.05) is 55.7 Å². The zero-order chi connectivity index (χ0) is 40.9. The van der Waals surface area contributed by atoms with Crippen LogP contribution in [0, 0.1) is 17.0 Å². The number of nitrogens with one attached hydrogen (secondary N) is 3. The van der Waals surface area contributed by atoms with E-state index >= 15 is 4.39 Å². The summed E-state index contributed by atoms with van der Waals surface area (Å²) in [6.45, 7) is 5.99. The molecule has 0 aliphatic rings. The van der Waals surface area contributed by atoms with Crippen LogP contribution in [0.4, 0.5) is 8.78 Å². The van der Waals surface area contributed by atoms with Crippen LogP contribution in [0.3, 0.4) is 0 Å². The number of amides is 4. The third kappa shape index (κ3) is 13.0. The second-order valence-electron chi connectivity index (χ2n) is 14.5. The molecule has 16 heteroatoms. The van der Waals surface area contributed by atoms with Gasteiger partial charge in [0.1, 0.15) is 30.3 Å². The van der Waals surface area contributed by atoms with Crippen molar-refractivity contribution in [1.29, 1.82) is 0 Å². The molecule has 3 rings (SSSR count). The zero-order valence-corrected chi connectivity index (χ0v) is 31.7. The van der Waals surface area contributed by atoms with Gasteiger partial charge in [0.15, 0.2) is 0 Å². The molecule has 55 heavy (non-hydrogen) atoms. The fraction of sp³-hybridized carbons (Fsp3) is 0.462. The molecule has 9 N–H and O–H groups in total. The maximum atomic E-state index is 15.0. The van der Waals surface area contributed by atoms with Crippen molar-refractivity contribution in [1.82, 2.24) is 25.4 Å². The van der Waals surface area contributed by atoms with Crippen LogP contribution in [0.2, 0.25) is 0 Å². The highest BCUT2D eigenvalue weighted by molar-refractivity contribution is 5.89. The average molecular weight is 770 g/mol. The number of halogens is 2. The molecule has 0 aliphatic carbocycles. The molecule has 0 unspecified atom stereocenters. The van der Waals surface area contributed by atoms with Crippen molar-refractivity contribution in [3.63, 3.8) is 0 Å². The summed E-state index contributed by atoms with van der Waals surface area (Å²) in [5.74, 6) is -5.38. The fourth-order valence-electron chi connectivity index (χ4n) is 6.32. The van der Waals surface area contributed by atoms with E-state index in [1.165, 1.54) is 11.8 Å². The van der Waals surface area contributed by atoms with E-state index in [9.17, 15) is 38.6 Å². The van der Waals surface area contributed by atoms with Crippen molar-refractivity contribution in [3.05, 3.63) is 83.7 Å². The molecule has 0 radical (unpaired) electrons. The first-order valence-electron chi connectivity index (χ1n) is 18.1. The summed E-state index contributed by atoms with van der Waals surface area (Å²) in [5.41, 5.74) is 12.8. The van der Waals surface area contributed by atoms with Crippen LogP contribution in [0.25, 0.3) is 11.1 Å². The van der Waals surface area contributed by atoms with Crippen molar-refractivity contribution in [2.75, 3.05) is 26.2 Å². The number of nitrogens with two attached hydrogens (primary N) is 2. The molecule has 0 spiro atoms. The maximum Gasteiger partial charge on any atom is 0.328 e. The summed E-state index contributed by atoms with van der Waals surface area (Å²) in [4.78, 5) is 64.6. The average Bonchev–Trinajstić information content (AvgIpc) is 3.53. The SMILES string of the molecule is CC(=O)N[C@@H](CCCCN)C(=O)NC[C@@H](NC(=O)[C@@H](N)CCN(C(=O)CO)[C@@H](c1cc(-c2cc(F)ccc2F)cn1Cc1ccccc1)C(C)(C)C)C(=O)O. The number of aliphatic hydroxyl groups is 1. The van der Waals surface area contributed by atoms with E-state index < -0.39 is 84.0 Å². The van der Waals surface area contributed by atoms with Gasteiger partial charge < -0.3 is 47.1 Å². The predicted octanol–water partition coefficient (Wildman–Crippen LogP) is 2.43. The highest BCUT2D eigenvalue weighted by atomic mass is 19.1. The lowest BCUT2D eigenvalue weighted by Gasteiger charge is -2.41. The number of aliphatic hydroxyl groups excluding tert-OH is 1. The molecule has 0 saturated heterocycles. The first-order chi connectivity index (χ1) is 26.0. The van der Waals surface area contributed by atoms with Crippen molar-refractivity contribution < 1.29 is 43.0 Å². The number of hydrogen-bond donors (Lipinski definition) is 7. The van der Waals surface area contributed by atoms with Gasteiger partial charge in [-0.1, -0.05) is 51.1 Å². The number of hydrogen-bond acceptors (Lipinski definition) is 8. The van der Waals surface area contributed by atoms with Gasteiger partial charge in [-0.2, -0.15) is 0 Å². The minimum atomic E-state index is -1.58. The highest BCUT2D eigenvalue weighted by Gasteiger charge is 2.38. The van der Waals surface area contributed by atoms with E-state index in [-0.39, 0.29) is 24.9 Å². The minimum Gasteiger partial charge on any atom is -0.480 e.